The van der Waals surface area contributed by atoms with E-state index in [4.69, 9.17) is 4.74 Å². The number of hydrogen-bond acceptors (Lipinski definition) is 2. The zero-order valence-electron chi connectivity index (χ0n) is 13.1. The van der Waals surface area contributed by atoms with Crippen LogP contribution in [0.4, 0.5) is 4.39 Å². The van der Waals surface area contributed by atoms with Crippen molar-refractivity contribution >= 4 is 0 Å². The average Bonchev–Trinajstić information content (AvgIpc) is 2.53. The second-order valence-corrected chi connectivity index (χ2v) is 5.95. The highest BCUT2D eigenvalue weighted by atomic mass is 19.1. The summed E-state index contributed by atoms with van der Waals surface area (Å²) in [6.07, 6.45) is 9.04. The Bertz CT molecular complexity index is 387. The first kappa shape index (κ1) is 16.4. The third-order valence-electron chi connectivity index (χ3n) is 4.30. The largest absolute Gasteiger partial charge is 0.378 e. The Morgan fingerprint density at radius 3 is 2.57 bits per heavy atom. The Morgan fingerprint density at radius 1 is 1.19 bits per heavy atom. The second-order valence-electron chi connectivity index (χ2n) is 5.95. The fourth-order valence-corrected chi connectivity index (χ4v) is 3.02. The molecule has 21 heavy (non-hydrogen) atoms. The summed E-state index contributed by atoms with van der Waals surface area (Å²) in [7, 11) is 0. The van der Waals surface area contributed by atoms with Gasteiger partial charge in [0.25, 0.3) is 0 Å². The summed E-state index contributed by atoms with van der Waals surface area (Å²) in [6, 6.07) is 7.11. The number of nitrogens with one attached hydrogen (secondary N) is 1. The molecule has 1 atom stereocenters. The standard InChI is InChI=1S/C18H28FNO/c1-2-18(15-9-11-16(19)12-10-15)20-13-6-14-21-17-7-4-3-5-8-17/h9-12,17-18,20H,2-8,13-14H2,1H3. The molecule has 1 saturated carbocycles. The molecular formula is C18H28FNO. The molecule has 1 aliphatic carbocycles. The molecule has 0 saturated heterocycles. The molecule has 1 aromatic carbocycles. The molecule has 0 heterocycles. The van der Waals surface area contributed by atoms with Crippen molar-refractivity contribution in [3.63, 3.8) is 0 Å². The van der Waals surface area contributed by atoms with Crippen molar-refractivity contribution in [2.75, 3.05) is 13.2 Å². The lowest BCUT2D eigenvalue weighted by atomic mass is 9.98. The monoisotopic (exact) mass is 293 g/mol. The predicted molar refractivity (Wildman–Crippen MR) is 84.9 cm³/mol. The molecular weight excluding hydrogens is 265 g/mol. The maximum atomic E-state index is 12.9. The van der Waals surface area contributed by atoms with E-state index >= 15 is 0 Å². The Labute approximate surface area is 128 Å². The minimum Gasteiger partial charge on any atom is -0.378 e. The zero-order valence-corrected chi connectivity index (χ0v) is 13.1. The molecule has 0 spiro atoms. The number of ether oxygens (including phenoxy) is 1. The summed E-state index contributed by atoms with van der Waals surface area (Å²) >= 11 is 0. The van der Waals surface area contributed by atoms with Gasteiger partial charge in [0.1, 0.15) is 5.82 Å². The summed E-state index contributed by atoms with van der Waals surface area (Å²) in [4.78, 5) is 0. The maximum absolute atomic E-state index is 12.9. The lowest BCUT2D eigenvalue weighted by Crippen LogP contribution is -2.24. The number of halogens is 1. The highest BCUT2D eigenvalue weighted by Crippen LogP contribution is 2.20. The van der Waals surface area contributed by atoms with Gasteiger partial charge in [-0.1, -0.05) is 38.3 Å². The first-order valence-electron chi connectivity index (χ1n) is 8.40. The van der Waals surface area contributed by atoms with Crippen LogP contribution in [-0.2, 0) is 4.74 Å². The van der Waals surface area contributed by atoms with E-state index in [2.05, 4.69) is 12.2 Å². The van der Waals surface area contributed by atoms with E-state index in [1.165, 1.54) is 44.2 Å². The van der Waals surface area contributed by atoms with E-state index in [1.807, 2.05) is 12.1 Å². The third-order valence-corrected chi connectivity index (χ3v) is 4.30. The van der Waals surface area contributed by atoms with E-state index in [0.717, 1.165) is 31.6 Å². The van der Waals surface area contributed by atoms with Crippen molar-refractivity contribution in [1.29, 1.82) is 0 Å². The molecule has 1 N–H and O–H groups in total. The Kier molecular flexibility index (Phi) is 7.17. The van der Waals surface area contributed by atoms with E-state index in [-0.39, 0.29) is 5.82 Å². The molecule has 2 rings (SSSR count). The van der Waals surface area contributed by atoms with Crippen molar-refractivity contribution in [2.45, 2.75) is 64.0 Å². The minimum atomic E-state index is -0.172. The fourth-order valence-electron chi connectivity index (χ4n) is 3.02. The predicted octanol–water partition coefficient (Wildman–Crippen LogP) is 4.61. The summed E-state index contributed by atoms with van der Waals surface area (Å²) in [5.41, 5.74) is 1.16. The molecule has 0 radical (unpaired) electrons. The van der Waals surface area contributed by atoms with Crippen molar-refractivity contribution in [3.05, 3.63) is 35.6 Å². The molecule has 0 aromatic heterocycles. The molecule has 1 fully saturated rings. The highest BCUT2D eigenvalue weighted by Gasteiger charge is 2.13. The van der Waals surface area contributed by atoms with Gasteiger partial charge in [-0.3, -0.25) is 0 Å². The summed E-state index contributed by atoms with van der Waals surface area (Å²) in [6.45, 7) is 3.94. The molecule has 1 aliphatic rings. The van der Waals surface area contributed by atoms with Gasteiger partial charge in [-0.15, -0.1) is 0 Å². The molecule has 118 valence electrons. The zero-order chi connectivity index (χ0) is 14.9. The summed E-state index contributed by atoms with van der Waals surface area (Å²) in [5, 5.41) is 3.54. The van der Waals surface area contributed by atoms with Crippen molar-refractivity contribution in [1.82, 2.24) is 5.32 Å². The van der Waals surface area contributed by atoms with Crippen LogP contribution in [0.25, 0.3) is 0 Å². The topological polar surface area (TPSA) is 21.3 Å². The average molecular weight is 293 g/mol. The molecule has 2 nitrogen and oxygen atoms in total. The summed E-state index contributed by atoms with van der Waals surface area (Å²) < 4.78 is 18.9. The molecule has 0 aliphatic heterocycles. The number of rotatable bonds is 8. The van der Waals surface area contributed by atoms with E-state index < -0.39 is 0 Å². The SMILES string of the molecule is CCC(NCCCOC1CCCCC1)c1ccc(F)cc1. The van der Waals surface area contributed by atoms with Crippen molar-refractivity contribution < 1.29 is 9.13 Å². The number of hydrogen-bond donors (Lipinski definition) is 1. The molecule has 1 aromatic rings. The van der Waals surface area contributed by atoms with Crippen LogP contribution in [0.15, 0.2) is 24.3 Å². The highest BCUT2D eigenvalue weighted by molar-refractivity contribution is 5.19. The van der Waals surface area contributed by atoms with Crippen LogP contribution in [0.3, 0.4) is 0 Å². The van der Waals surface area contributed by atoms with Gasteiger partial charge in [0, 0.05) is 12.6 Å². The van der Waals surface area contributed by atoms with Crippen LogP contribution in [0.5, 0.6) is 0 Å². The van der Waals surface area contributed by atoms with E-state index in [9.17, 15) is 4.39 Å². The fraction of sp³-hybridized carbons (Fsp3) is 0.667. The molecule has 3 heteroatoms. The third kappa shape index (κ3) is 5.76. The van der Waals surface area contributed by atoms with Gasteiger partial charge in [0.2, 0.25) is 0 Å². The van der Waals surface area contributed by atoms with Gasteiger partial charge in [-0.2, -0.15) is 0 Å². The number of benzene rings is 1. The van der Waals surface area contributed by atoms with Crippen LogP contribution in [0, 0.1) is 5.82 Å². The van der Waals surface area contributed by atoms with Crippen molar-refractivity contribution in [3.8, 4) is 0 Å². The van der Waals surface area contributed by atoms with E-state index in [0.29, 0.717) is 12.1 Å². The lowest BCUT2D eigenvalue weighted by molar-refractivity contribution is 0.0271. The van der Waals surface area contributed by atoms with Crippen LogP contribution in [0.2, 0.25) is 0 Å². The van der Waals surface area contributed by atoms with Gasteiger partial charge >= 0.3 is 0 Å². The smallest absolute Gasteiger partial charge is 0.123 e. The van der Waals surface area contributed by atoms with Gasteiger partial charge in [-0.05, 0) is 49.9 Å². The molecule has 0 bridgehead atoms. The minimum absolute atomic E-state index is 0.172. The first-order chi connectivity index (χ1) is 10.3. The van der Waals surface area contributed by atoms with Crippen molar-refractivity contribution in [2.24, 2.45) is 0 Å². The van der Waals surface area contributed by atoms with Gasteiger partial charge < -0.3 is 10.1 Å². The van der Waals surface area contributed by atoms with Crippen LogP contribution in [0.1, 0.15) is 63.5 Å². The van der Waals surface area contributed by atoms with Gasteiger partial charge in [-0.25, -0.2) is 4.39 Å². The Hall–Kier alpha value is -0.930. The van der Waals surface area contributed by atoms with Gasteiger partial charge in [0.15, 0.2) is 0 Å². The summed E-state index contributed by atoms with van der Waals surface area (Å²) in [5.74, 6) is -0.172. The van der Waals surface area contributed by atoms with Crippen LogP contribution < -0.4 is 5.32 Å². The van der Waals surface area contributed by atoms with Crippen LogP contribution >= 0.6 is 0 Å². The Morgan fingerprint density at radius 2 is 1.90 bits per heavy atom. The van der Waals surface area contributed by atoms with Gasteiger partial charge in [0.05, 0.1) is 6.10 Å². The second kappa shape index (κ2) is 9.16. The first-order valence-corrected chi connectivity index (χ1v) is 8.40. The molecule has 1 unspecified atom stereocenters. The maximum Gasteiger partial charge on any atom is 0.123 e. The molecule has 0 amide bonds. The van der Waals surface area contributed by atoms with Crippen LogP contribution in [-0.4, -0.2) is 19.3 Å². The Balaban J connectivity index is 1.63. The van der Waals surface area contributed by atoms with E-state index in [1.54, 1.807) is 0 Å². The lowest BCUT2D eigenvalue weighted by Gasteiger charge is -2.22. The quantitative estimate of drug-likeness (QED) is 0.707. The normalized spacial score (nSPS) is 17.8.